The first-order valence-corrected chi connectivity index (χ1v) is 6.89. The molecule has 0 aliphatic carbocycles. The number of imidazole rings is 1. The minimum atomic E-state index is 0.641. The zero-order chi connectivity index (χ0) is 12.5. The fourth-order valence-corrected chi connectivity index (χ4v) is 2.88. The fraction of sp³-hybridized carbons (Fsp3) is 0.214. The standard InChI is InChI=1S/C14H15N3S/c1-10-2-4-11(5-3-10)13-12(6-7-15)17-8-9-18-14(17)16-13/h2-5,8-9H,6-7,15H2,1H3. The lowest BCUT2D eigenvalue weighted by molar-refractivity contribution is 0.911. The molecule has 92 valence electrons. The van der Waals surface area contributed by atoms with Gasteiger partial charge in [0.05, 0.1) is 11.4 Å². The van der Waals surface area contributed by atoms with E-state index in [4.69, 9.17) is 10.7 Å². The molecular weight excluding hydrogens is 242 g/mol. The average molecular weight is 257 g/mol. The number of nitrogens with zero attached hydrogens (tertiary/aromatic N) is 2. The van der Waals surface area contributed by atoms with E-state index in [9.17, 15) is 0 Å². The molecule has 0 bridgehead atoms. The monoisotopic (exact) mass is 257 g/mol. The first-order chi connectivity index (χ1) is 8.79. The van der Waals surface area contributed by atoms with Crippen LogP contribution in [0.2, 0.25) is 0 Å². The number of hydrogen-bond acceptors (Lipinski definition) is 3. The molecule has 0 saturated heterocycles. The molecule has 2 N–H and O–H groups in total. The Bertz CT molecular complexity index is 664. The predicted molar refractivity (Wildman–Crippen MR) is 76.0 cm³/mol. The summed E-state index contributed by atoms with van der Waals surface area (Å²) in [5, 5.41) is 2.06. The molecule has 0 fully saturated rings. The number of rotatable bonds is 3. The van der Waals surface area contributed by atoms with Gasteiger partial charge in [0.2, 0.25) is 0 Å². The molecule has 0 aliphatic rings. The molecule has 0 atom stereocenters. The number of aromatic nitrogens is 2. The molecule has 2 aromatic heterocycles. The highest BCUT2D eigenvalue weighted by Crippen LogP contribution is 2.27. The lowest BCUT2D eigenvalue weighted by atomic mass is 10.1. The molecule has 4 heteroatoms. The molecule has 0 amide bonds. The van der Waals surface area contributed by atoms with Gasteiger partial charge in [0.1, 0.15) is 0 Å². The van der Waals surface area contributed by atoms with Crippen LogP contribution in [0.1, 0.15) is 11.3 Å². The van der Waals surface area contributed by atoms with Gasteiger partial charge in [-0.1, -0.05) is 29.8 Å². The van der Waals surface area contributed by atoms with Gasteiger partial charge in [0.15, 0.2) is 4.96 Å². The van der Waals surface area contributed by atoms with Crippen molar-refractivity contribution in [2.24, 2.45) is 5.73 Å². The van der Waals surface area contributed by atoms with Crippen molar-refractivity contribution in [3.63, 3.8) is 0 Å². The maximum atomic E-state index is 5.71. The highest BCUT2D eigenvalue weighted by molar-refractivity contribution is 7.15. The second kappa shape index (κ2) is 4.55. The van der Waals surface area contributed by atoms with Crippen LogP contribution in [0.4, 0.5) is 0 Å². The zero-order valence-corrected chi connectivity index (χ0v) is 11.1. The van der Waals surface area contributed by atoms with E-state index >= 15 is 0 Å². The van der Waals surface area contributed by atoms with Crippen molar-refractivity contribution in [1.29, 1.82) is 0 Å². The number of hydrogen-bond donors (Lipinski definition) is 1. The summed E-state index contributed by atoms with van der Waals surface area (Å²) in [5.74, 6) is 0. The van der Waals surface area contributed by atoms with Crippen LogP contribution in [0.15, 0.2) is 35.8 Å². The molecule has 1 aromatic carbocycles. The lowest BCUT2D eigenvalue weighted by Crippen LogP contribution is -2.05. The summed E-state index contributed by atoms with van der Waals surface area (Å²) in [6, 6.07) is 8.49. The van der Waals surface area contributed by atoms with E-state index in [-0.39, 0.29) is 0 Å². The molecule has 18 heavy (non-hydrogen) atoms. The van der Waals surface area contributed by atoms with Crippen molar-refractivity contribution in [1.82, 2.24) is 9.38 Å². The molecule has 0 spiro atoms. The molecule has 3 nitrogen and oxygen atoms in total. The predicted octanol–water partition coefficient (Wildman–Crippen LogP) is 2.87. The summed E-state index contributed by atoms with van der Waals surface area (Å²) in [5.41, 5.74) is 10.4. The second-order valence-corrected chi connectivity index (χ2v) is 5.24. The van der Waals surface area contributed by atoms with E-state index in [1.807, 2.05) is 0 Å². The third kappa shape index (κ3) is 1.83. The van der Waals surface area contributed by atoms with Crippen molar-refractivity contribution < 1.29 is 0 Å². The summed E-state index contributed by atoms with van der Waals surface area (Å²) < 4.78 is 2.15. The van der Waals surface area contributed by atoms with E-state index < -0.39 is 0 Å². The van der Waals surface area contributed by atoms with Gasteiger partial charge in [-0.05, 0) is 13.5 Å². The first-order valence-electron chi connectivity index (χ1n) is 6.01. The van der Waals surface area contributed by atoms with Crippen LogP contribution in [-0.2, 0) is 6.42 Å². The van der Waals surface area contributed by atoms with Crippen molar-refractivity contribution in [2.45, 2.75) is 13.3 Å². The maximum absolute atomic E-state index is 5.71. The van der Waals surface area contributed by atoms with E-state index in [1.165, 1.54) is 16.8 Å². The Morgan fingerprint density at radius 1 is 1.28 bits per heavy atom. The summed E-state index contributed by atoms with van der Waals surface area (Å²) in [6.07, 6.45) is 2.91. The zero-order valence-electron chi connectivity index (χ0n) is 10.3. The third-order valence-corrected chi connectivity index (χ3v) is 3.82. The minimum Gasteiger partial charge on any atom is -0.330 e. The van der Waals surface area contributed by atoms with Crippen molar-refractivity contribution in [3.8, 4) is 11.3 Å². The fourth-order valence-electron chi connectivity index (χ4n) is 2.15. The number of nitrogens with two attached hydrogens (primary N) is 1. The van der Waals surface area contributed by atoms with Crippen LogP contribution in [-0.4, -0.2) is 15.9 Å². The van der Waals surface area contributed by atoms with Crippen LogP contribution < -0.4 is 5.73 Å². The molecule has 2 heterocycles. The Balaban J connectivity index is 2.17. The lowest BCUT2D eigenvalue weighted by Gasteiger charge is -2.03. The van der Waals surface area contributed by atoms with Crippen LogP contribution in [0.5, 0.6) is 0 Å². The molecule has 0 radical (unpaired) electrons. The molecule has 0 saturated carbocycles. The van der Waals surface area contributed by atoms with E-state index in [0.717, 1.165) is 17.1 Å². The van der Waals surface area contributed by atoms with Gasteiger partial charge in [-0.15, -0.1) is 11.3 Å². The van der Waals surface area contributed by atoms with Gasteiger partial charge in [-0.2, -0.15) is 0 Å². The average Bonchev–Trinajstić information content (AvgIpc) is 2.93. The van der Waals surface area contributed by atoms with Gasteiger partial charge in [0, 0.05) is 23.6 Å². The van der Waals surface area contributed by atoms with Crippen molar-refractivity contribution in [3.05, 3.63) is 47.1 Å². The maximum Gasteiger partial charge on any atom is 0.194 e. The van der Waals surface area contributed by atoms with Gasteiger partial charge in [-0.25, -0.2) is 4.98 Å². The van der Waals surface area contributed by atoms with Crippen LogP contribution >= 0.6 is 11.3 Å². The Labute approximate surface area is 110 Å². The highest BCUT2D eigenvalue weighted by atomic mass is 32.1. The van der Waals surface area contributed by atoms with Gasteiger partial charge in [0.25, 0.3) is 0 Å². The first kappa shape index (κ1) is 11.4. The van der Waals surface area contributed by atoms with E-state index in [2.05, 4.69) is 47.2 Å². The highest BCUT2D eigenvalue weighted by Gasteiger charge is 2.13. The van der Waals surface area contributed by atoms with Crippen LogP contribution in [0.25, 0.3) is 16.2 Å². The van der Waals surface area contributed by atoms with Crippen LogP contribution in [0, 0.1) is 6.92 Å². The Morgan fingerprint density at radius 2 is 2.06 bits per heavy atom. The van der Waals surface area contributed by atoms with Crippen LogP contribution in [0.3, 0.4) is 0 Å². The molecule has 3 rings (SSSR count). The van der Waals surface area contributed by atoms with Crippen molar-refractivity contribution >= 4 is 16.3 Å². The Kier molecular flexibility index (Phi) is 2.89. The number of benzene rings is 1. The quantitative estimate of drug-likeness (QED) is 0.784. The number of fused-ring (bicyclic) bond motifs is 1. The SMILES string of the molecule is Cc1ccc(-c2nc3sccn3c2CCN)cc1. The second-order valence-electron chi connectivity index (χ2n) is 4.37. The molecule has 0 aliphatic heterocycles. The van der Waals surface area contributed by atoms with Gasteiger partial charge in [-0.3, -0.25) is 4.40 Å². The molecule has 0 unspecified atom stereocenters. The number of aryl methyl sites for hydroxylation is 1. The largest absolute Gasteiger partial charge is 0.330 e. The van der Waals surface area contributed by atoms with Crippen molar-refractivity contribution in [2.75, 3.05) is 6.54 Å². The number of thiazole rings is 1. The topological polar surface area (TPSA) is 43.3 Å². The Morgan fingerprint density at radius 3 is 2.78 bits per heavy atom. The summed E-state index contributed by atoms with van der Waals surface area (Å²) in [6.45, 7) is 2.73. The summed E-state index contributed by atoms with van der Waals surface area (Å²) in [4.78, 5) is 5.75. The third-order valence-electron chi connectivity index (χ3n) is 3.07. The normalized spacial score (nSPS) is 11.2. The van der Waals surface area contributed by atoms with Gasteiger partial charge < -0.3 is 5.73 Å². The van der Waals surface area contributed by atoms with E-state index in [0.29, 0.717) is 6.54 Å². The summed E-state index contributed by atoms with van der Waals surface area (Å²) in [7, 11) is 0. The van der Waals surface area contributed by atoms with E-state index in [1.54, 1.807) is 11.3 Å². The molecule has 3 aromatic rings. The van der Waals surface area contributed by atoms with Gasteiger partial charge >= 0.3 is 0 Å². The summed E-state index contributed by atoms with van der Waals surface area (Å²) >= 11 is 1.66. The Hall–Kier alpha value is -1.65. The molecular formula is C14H15N3S. The smallest absolute Gasteiger partial charge is 0.194 e. The minimum absolute atomic E-state index is 0.641.